The van der Waals surface area contributed by atoms with Gasteiger partial charge in [-0.05, 0) is 71.2 Å². The van der Waals surface area contributed by atoms with Crippen molar-refractivity contribution in [2.24, 2.45) is 0 Å². The van der Waals surface area contributed by atoms with Gasteiger partial charge in [-0.1, -0.05) is 12.1 Å². The predicted octanol–water partition coefficient (Wildman–Crippen LogP) is 3.48. The van der Waals surface area contributed by atoms with Crippen molar-refractivity contribution < 1.29 is 4.79 Å². The van der Waals surface area contributed by atoms with Gasteiger partial charge in [0.2, 0.25) is 0 Å². The predicted molar refractivity (Wildman–Crippen MR) is 104 cm³/mol. The normalized spacial score (nSPS) is 9.95. The second-order valence-electron chi connectivity index (χ2n) is 4.83. The SMILES string of the molecule is CN(C)c1ccc(NC(=S)NC(=O)c2ccccc2I)cc1. The van der Waals surface area contributed by atoms with E-state index in [9.17, 15) is 4.79 Å². The summed E-state index contributed by atoms with van der Waals surface area (Å²) in [6.07, 6.45) is 0. The standard InChI is InChI=1S/C16H16IN3OS/c1-20(2)12-9-7-11(8-10-12)18-16(22)19-15(21)13-5-3-4-6-14(13)17/h3-10H,1-2H3,(H2,18,19,21,22). The largest absolute Gasteiger partial charge is 0.378 e. The summed E-state index contributed by atoms with van der Waals surface area (Å²) in [5, 5.41) is 5.98. The summed E-state index contributed by atoms with van der Waals surface area (Å²) in [5.74, 6) is -0.215. The van der Waals surface area contributed by atoms with E-state index < -0.39 is 0 Å². The lowest BCUT2D eigenvalue weighted by Gasteiger charge is -2.14. The molecule has 2 rings (SSSR count). The average molecular weight is 425 g/mol. The Balaban J connectivity index is 1.98. The first kappa shape index (κ1) is 16.7. The third-order valence-corrected chi connectivity index (χ3v) is 4.13. The number of hydrogen-bond acceptors (Lipinski definition) is 3. The van der Waals surface area contributed by atoms with E-state index in [2.05, 4.69) is 33.2 Å². The zero-order chi connectivity index (χ0) is 16.1. The van der Waals surface area contributed by atoms with Gasteiger partial charge in [0.15, 0.2) is 5.11 Å². The molecule has 2 aromatic carbocycles. The monoisotopic (exact) mass is 425 g/mol. The third kappa shape index (κ3) is 4.41. The van der Waals surface area contributed by atoms with Crippen LogP contribution in [0.1, 0.15) is 10.4 Å². The highest BCUT2D eigenvalue weighted by Crippen LogP contribution is 2.16. The van der Waals surface area contributed by atoms with Crippen molar-refractivity contribution in [3.05, 3.63) is 57.7 Å². The maximum absolute atomic E-state index is 12.2. The number of hydrogen-bond donors (Lipinski definition) is 2. The van der Waals surface area contributed by atoms with Gasteiger partial charge in [0, 0.05) is 29.0 Å². The fourth-order valence-corrected chi connectivity index (χ4v) is 2.66. The average Bonchev–Trinajstić information content (AvgIpc) is 2.48. The Kier molecular flexibility index (Phi) is 5.73. The number of nitrogens with one attached hydrogen (secondary N) is 2. The van der Waals surface area contributed by atoms with Crippen LogP contribution in [0.25, 0.3) is 0 Å². The van der Waals surface area contributed by atoms with Crippen molar-refractivity contribution >= 4 is 57.2 Å². The Bertz CT molecular complexity index is 686. The molecule has 0 radical (unpaired) electrons. The van der Waals surface area contributed by atoms with Gasteiger partial charge in [-0.3, -0.25) is 10.1 Å². The van der Waals surface area contributed by atoms with Crippen LogP contribution in [0.2, 0.25) is 0 Å². The van der Waals surface area contributed by atoms with Crippen molar-refractivity contribution in [1.29, 1.82) is 0 Å². The van der Waals surface area contributed by atoms with Crippen LogP contribution >= 0.6 is 34.8 Å². The molecule has 114 valence electrons. The van der Waals surface area contributed by atoms with Crippen LogP contribution in [0.4, 0.5) is 11.4 Å². The highest BCUT2D eigenvalue weighted by molar-refractivity contribution is 14.1. The van der Waals surface area contributed by atoms with E-state index in [4.69, 9.17) is 12.2 Å². The first-order chi connectivity index (χ1) is 10.5. The van der Waals surface area contributed by atoms with Gasteiger partial charge in [-0.15, -0.1) is 0 Å². The molecule has 0 atom stereocenters. The molecule has 0 unspecified atom stereocenters. The summed E-state index contributed by atoms with van der Waals surface area (Å²) in [6, 6.07) is 15.2. The zero-order valence-electron chi connectivity index (χ0n) is 12.3. The molecule has 4 nitrogen and oxygen atoms in total. The molecule has 0 bridgehead atoms. The molecule has 0 spiro atoms. The molecule has 6 heteroatoms. The van der Waals surface area contributed by atoms with Crippen LogP contribution in [0, 0.1) is 3.57 Å². The van der Waals surface area contributed by atoms with Crippen LogP contribution in [0.5, 0.6) is 0 Å². The van der Waals surface area contributed by atoms with Crippen molar-refractivity contribution in [2.75, 3.05) is 24.3 Å². The number of halogens is 1. The smallest absolute Gasteiger partial charge is 0.258 e. The number of thiocarbonyl (C=S) groups is 1. The maximum atomic E-state index is 12.2. The van der Waals surface area contributed by atoms with E-state index in [0.717, 1.165) is 14.9 Å². The summed E-state index contributed by atoms with van der Waals surface area (Å²) in [6.45, 7) is 0. The number of amides is 1. The van der Waals surface area contributed by atoms with Gasteiger partial charge < -0.3 is 10.2 Å². The van der Waals surface area contributed by atoms with Gasteiger partial charge in [-0.2, -0.15) is 0 Å². The van der Waals surface area contributed by atoms with Gasteiger partial charge >= 0.3 is 0 Å². The molecule has 2 N–H and O–H groups in total. The summed E-state index contributed by atoms with van der Waals surface area (Å²) in [7, 11) is 3.96. The molecule has 0 fully saturated rings. The van der Waals surface area contributed by atoms with Gasteiger partial charge in [0.1, 0.15) is 0 Å². The Morgan fingerprint density at radius 2 is 1.73 bits per heavy atom. The lowest BCUT2D eigenvalue weighted by Crippen LogP contribution is -2.34. The first-order valence-electron chi connectivity index (χ1n) is 6.61. The number of nitrogens with zero attached hydrogens (tertiary/aromatic N) is 1. The third-order valence-electron chi connectivity index (χ3n) is 2.99. The molecule has 2 aromatic rings. The number of carbonyl (C=O) groups excluding carboxylic acids is 1. The van der Waals surface area contributed by atoms with Crippen molar-refractivity contribution in [1.82, 2.24) is 5.32 Å². The van der Waals surface area contributed by atoms with Crippen LogP contribution in [0.3, 0.4) is 0 Å². The van der Waals surface area contributed by atoms with Crippen LogP contribution in [-0.4, -0.2) is 25.1 Å². The second-order valence-corrected chi connectivity index (χ2v) is 6.40. The quantitative estimate of drug-likeness (QED) is 0.584. The van der Waals surface area contributed by atoms with Crippen molar-refractivity contribution in [2.45, 2.75) is 0 Å². The van der Waals surface area contributed by atoms with Crippen LogP contribution < -0.4 is 15.5 Å². The number of carbonyl (C=O) groups is 1. The Labute approximate surface area is 149 Å². The zero-order valence-corrected chi connectivity index (χ0v) is 15.2. The summed E-state index contributed by atoms with van der Waals surface area (Å²) >= 11 is 7.31. The molecule has 0 aliphatic carbocycles. The van der Waals surface area contributed by atoms with E-state index in [1.165, 1.54) is 0 Å². The molecule has 0 aromatic heterocycles. The topological polar surface area (TPSA) is 44.4 Å². The van der Waals surface area contributed by atoms with E-state index >= 15 is 0 Å². The van der Waals surface area contributed by atoms with E-state index in [-0.39, 0.29) is 11.0 Å². The fourth-order valence-electron chi connectivity index (χ4n) is 1.82. The summed E-state index contributed by atoms with van der Waals surface area (Å²) < 4.78 is 0.885. The molecule has 0 aliphatic rings. The number of anilines is 2. The van der Waals surface area contributed by atoms with Crippen molar-refractivity contribution in [3.8, 4) is 0 Å². The van der Waals surface area contributed by atoms with Gasteiger partial charge in [0.25, 0.3) is 5.91 Å². The second kappa shape index (κ2) is 7.55. The molecule has 22 heavy (non-hydrogen) atoms. The molecule has 0 saturated heterocycles. The molecule has 1 amide bonds. The minimum absolute atomic E-state index is 0.215. The van der Waals surface area contributed by atoms with Crippen LogP contribution in [-0.2, 0) is 0 Å². The van der Waals surface area contributed by atoms with Crippen molar-refractivity contribution in [3.63, 3.8) is 0 Å². The highest BCUT2D eigenvalue weighted by atomic mass is 127. The van der Waals surface area contributed by atoms with Gasteiger partial charge in [-0.25, -0.2) is 0 Å². The Morgan fingerprint density at radius 3 is 2.32 bits per heavy atom. The lowest BCUT2D eigenvalue weighted by molar-refractivity contribution is 0.0977. The number of rotatable bonds is 3. The first-order valence-corrected chi connectivity index (χ1v) is 8.10. The molecule has 0 heterocycles. The Hall–Kier alpha value is -1.67. The molecule has 0 saturated carbocycles. The van der Waals surface area contributed by atoms with E-state index in [1.54, 1.807) is 6.07 Å². The molecular formula is C16H16IN3OS. The van der Waals surface area contributed by atoms with Gasteiger partial charge in [0.05, 0.1) is 5.56 Å². The fraction of sp³-hybridized carbons (Fsp3) is 0.125. The van der Waals surface area contributed by atoms with Crippen LogP contribution in [0.15, 0.2) is 48.5 Å². The maximum Gasteiger partial charge on any atom is 0.258 e. The molecule has 0 aliphatic heterocycles. The summed E-state index contributed by atoms with van der Waals surface area (Å²) in [4.78, 5) is 14.2. The molecular weight excluding hydrogens is 409 g/mol. The minimum atomic E-state index is -0.215. The number of benzene rings is 2. The van der Waals surface area contributed by atoms with E-state index in [1.807, 2.05) is 61.5 Å². The Morgan fingerprint density at radius 1 is 1.09 bits per heavy atom. The van der Waals surface area contributed by atoms with E-state index in [0.29, 0.717) is 5.56 Å². The highest BCUT2D eigenvalue weighted by Gasteiger charge is 2.10. The summed E-state index contributed by atoms with van der Waals surface area (Å²) in [5.41, 5.74) is 2.54. The minimum Gasteiger partial charge on any atom is -0.378 e. The lowest BCUT2D eigenvalue weighted by atomic mass is 10.2.